The van der Waals surface area contributed by atoms with E-state index in [1.807, 2.05) is 24.3 Å². The number of ether oxygens (including phenoxy) is 1. The topological polar surface area (TPSA) is 79.5 Å². The fourth-order valence-electron chi connectivity index (χ4n) is 2.81. The second-order valence-corrected chi connectivity index (χ2v) is 6.15. The van der Waals surface area contributed by atoms with Gasteiger partial charge in [-0.2, -0.15) is 0 Å². The predicted molar refractivity (Wildman–Crippen MR) is 96.1 cm³/mol. The number of carbonyl (C=O) groups is 2. The Labute approximate surface area is 150 Å². The Morgan fingerprint density at radius 1 is 1.24 bits per heavy atom. The van der Waals surface area contributed by atoms with E-state index in [0.29, 0.717) is 23.0 Å². The first-order chi connectivity index (χ1) is 12.1. The number of rotatable bonds is 4. The van der Waals surface area contributed by atoms with Crippen LogP contribution in [0.1, 0.15) is 11.5 Å². The van der Waals surface area contributed by atoms with Crippen LogP contribution in [-0.4, -0.2) is 31.6 Å². The maximum absolute atomic E-state index is 12.2. The highest BCUT2D eigenvalue weighted by atomic mass is 35.5. The summed E-state index contributed by atoms with van der Waals surface area (Å²) >= 11 is 5.82. The van der Waals surface area contributed by atoms with E-state index < -0.39 is 12.1 Å². The van der Waals surface area contributed by atoms with Crippen LogP contribution in [0, 0.1) is 0 Å². The van der Waals surface area contributed by atoms with Crippen molar-refractivity contribution in [1.29, 1.82) is 0 Å². The van der Waals surface area contributed by atoms with Gasteiger partial charge in [0.05, 0.1) is 7.11 Å². The Bertz CT molecular complexity index is 779. The molecule has 3 amide bonds. The largest absolute Gasteiger partial charge is 0.497 e. The number of urea groups is 1. The van der Waals surface area contributed by atoms with E-state index in [4.69, 9.17) is 16.3 Å². The molecular formula is C18H18ClN3O3. The molecule has 1 fully saturated rings. The van der Waals surface area contributed by atoms with Gasteiger partial charge in [-0.3, -0.25) is 4.79 Å². The quantitative estimate of drug-likeness (QED) is 0.785. The summed E-state index contributed by atoms with van der Waals surface area (Å²) in [6.07, 6.45) is 0. The highest BCUT2D eigenvalue weighted by Gasteiger charge is 2.37. The van der Waals surface area contributed by atoms with Crippen molar-refractivity contribution in [2.75, 3.05) is 19.0 Å². The lowest BCUT2D eigenvalue weighted by Gasteiger charge is -2.19. The van der Waals surface area contributed by atoms with Crippen molar-refractivity contribution >= 4 is 29.2 Å². The molecule has 0 spiro atoms. The molecule has 0 bridgehead atoms. The Balaban J connectivity index is 1.71. The molecule has 3 rings (SSSR count). The minimum atomic E-state index is -0.653. The summed E-state index contributed by atoms with van der Waals surface area (Å²) in [5, 5.41) is 8.81. The fourth-order valence-corrected chi connectivity index (χ4v) is 2.94. The second kappa shape index (κ2) is 7.44. The Morgan fingerprint density at radius 2 is 2.00 bits per heavy atom. The molecule has 2 atom stereocenters. The van der Waals surface area contributed by atoms with Crippen LogP contribution in [0.5, 0.6) is 5.75 Å². The number of carbonyl (C=O) groups excluding carboxylic acids is 2. The number of nitrogens with one attached hydrogen (secondary N) is 3. The van der Waals surface area contributed by atoms with E-state index in [0.717, 1.165) is 5.56 Å². The minimum Gasteiger partial charge on any atom is -0.497 e. The van der Waals surface area contributed by atoms with E-state index in [9.17, 15) is 9.59 Å². The highest BCUT2D eigenvalue weighted by Crippen LogP contribution is 2.26. The molecule has 7 heteroatoms. The smallest absolute Gasteiger partial charge is 0.319 e. The molecule has 1 aliphatic rings. The molecule has 2 aromatic carbocycles. The molecule has 1 saturated heterocycles. The molecule has 1 heterocycles. The van der Waals surface area contributed by atoms with E-state index >= 15 is 0 Å². The predicted octanol–water partition coefficient (Wildman–Crippen LogP) is 2.75. The molecule has 1 aliphatic heterocycles. The third-order valence-corrected chi connectivity index (χ3v) is 4.34. The van der Waals surface area contributed by atoms with Crippen molar-refractivity contribution in [2.45, 2.75) is 12.0 Å². The van der Waals surface area contributed by atoms with Crippen molar-refractivity contribution < 1.29 is 14.3 Å². The summed E-state index contributed by atoms with van der Waals surface area (Å²) in [5.74, 6) is 0.332. The molecule has 6 nitrogen and oxygen atoms in total. The van der Waals surface area contributed by atoms with E-state index in [1.165, 1.54) is 0 Å². The molecule has 0 aliphatic carbocycles. The normalized spacial score (nSPS) is 19.2. The molecule has 0 aromatic heterocycles. The number of amides is 3. The van der Waals surface area contributed by atoms with Gasteiger partial charge in [-0.05, 0) is 42.0 Å². The maximum atomic E-state index is 12.2. The van der Waals surface area contributed by atoms with Crippen LogP contribution in [0.4, 0.5) is 10.5 Å². The van der Waals surface area contributed by atoms with E-state index in [1.54, 1.807) is 31.4 Å². The summed E-state index contributed by atoms with van der Waals surface area (Å²) in [6.45, 7) is 0.456. The summed E-state index contributed by atoms with van der Waals surface area (Å²) in [6, 6.07) is 13.1. The first-order valence-corrected chi connectivity index (χ1v) is 8.19. The standard InChI is InChI=1S/C18H18ClN3O3/c1-25-14-4-2-3-11(9-14)15-10-20-17(23)16(15)22-18(24)21-13-7-5-12(19)6-8-13/h2-9,15-16H,10H2,1H3,(H,20,23)(H2,21,22,24)/t15-,16?/m1/s1. The number of hydrogen-bond donors (Lipinski definition) is 3. The van der Waals surface area contributed by atoms with E-state index in [2.05, 4.69) is 16.0 Å². The number of methoxy groups -OCH3 is 1. The molecule has 25 heavy (non-hydrogen) atoms. The molecular weight excluding hydrogens is 342 g/mol. The Kier molecular flexibility index (Phi) is 5.09. The molecule has 1 unspecified atom stereocenters. The van der Waals surface area contributed by atoms with Gasteiger partial charge in [-0.15, -0.1) is 0 Å². The molecule has 2 aromatic rings. The van der Waals surface area contributed by atoms with Crippen LogP contribution in [0.2, 0.25) is 5.02 Å². The highest BCUT2D eigenvalue weighted by molar-refractivity contribution is 6.30. The third kappa shape index (κ3) is 4.03. The van der Waals surface area contributed by atoms with Gasteiger partial charge < -0.3 is 20.7 Å². The average Bonchev–Trinajstić information content (AvgIpc) is 2.97. The van der Waals surface area contributed by atoms with Crippen molar-refractivity contribution in [3.63, 3.8) is 0 Å². The SMILES string of the molecule is COc1cccc([C@H]2CNC(=O)C2NC(=O)Nc2ccc(Cl)cc2)c1. The summed E-state index contributed by atoms with van der Waals surface area (Å²) in [4.78, 5) is 24.4. The van der Waals surface area contributed by atoms with E-state index in [-0.39, 0.29) is 11.8 Å². The average molecular weight is 360 g/mol. The summed E-state index contributed by atoms with van der Waals surface area (Å²) in [7, 11) is 1.59. The van der Waals surface area contributed by atoms with Gasteiger partial charge >= 0.3 is 6.03 Å². The van der Waals surface area contributed by atoms with Crippen molar-refractivity contribution in [3.8, 4) is 5.75 Å². The maximum Gasteiger partial charge on any atom is 0.319 e. The van der Waals surface area contributed by atoms with Gasteiger partial charge in [-0.25, -0.2) is 4.79 Å². The Hall–Kier alpha value is -2.73. The zero-order chi connectivity index (χ0) is 17.8. The van der Waals surface area contributed by atoms with Gasteiger partial charge in [-0.1, -0.05) is 23.7 Å². The van der Waals surface area contributed by atoms with Gasteiger partial charge in [0.25, 0.3) is 0 Å². The van der Waals surface area contributed by atoms with Crippen LogP contribution in [0.3, 0.4) is 0 Å². The lowest BCUT2D eigenvalue weighted by molar-refractivity contribution is -0.120. The van der Waals surface area contributed by atoms with Crippen molar-refractivity contribution in [1.82, 2.24) is 10.6 Å². The fraction of sp³-hybridized carbons (Fsp3) is 0.222. The first kappa shape index (κ1) is 17.1. The monoisotopic (exact) mass is 359 g/mol. The van der Waals surface area contributed by atoms with Crippen LogP contribution in [0.15, 0.2) is 48.5 Å². The van der Waals surface area contributed by atoms with Crippen molar-refractivity contribution in [3.05, 3.63) is 59.1 Å². The van der Waals surface area contributed by atoms with Crippen LogP contribution < -0.4 is 20.7 Å². The minimum absolute atomic E-state index is 0.168. The number of halogens is 1. The Morgan fingerprint density at radius 3 is 2.72 bits per heavy atom. The molecule has 0 radical (unpaired) electrons. The zero-order valence-corrected chi connectivity index (χ0v) is 14.3. The van der Waals surface area contributed by atoms with Gasteiger partial charge in [0.1, 0.15) is 11.8 Å². The zero-order valence-electron chi connectivity index (χ0n) is 13.6. The first-order valence-electron chi connectivity index (χ1n) is 7.81. The number of benzene rings is 2. The molecule has 3 N–H and O–H groups in total. The molecule has 130 valence electrons. The lowest BCUT2D eigenvalue weighted by atomic mass is 9.94. The van der Waals surface area contributed by atoms with Crippen LogP contribution >= 0.6 is 11.6 Å². The third-order valence-electron chi connectivity index (χ3n) is 4.09. The van der Waals surface area contributed by atoms with Gasteiger partial charge in [0, 0.05) is 23.2 Å². The number of anilines is 1. The molecule has 0 saturated carbocycles. The van der Waals surface area contributed by atoms with Gasteiger partial charge in [0.15, 0.2) is 0 Å². The van der Waals surface area contributed by atoms with Gasteiger partial charge in [0.2, 0.25) is 5.91 Å². The number of hydrogen-bond acceptors (Lipinski definition) is 3. The summed E-state index contributed by atoms with van der Waals surface area (Å²) < 4.78 is 5.23. The summed E-state index contributed by atoms with van der Waals surface area (Å²) in [5.41, 5.74) is 1.52. The van der Waals surface area contributed by atoms with Crippen LogP contribution in [-0.2, 0) is 4.79 Å². The lowest BCUT2D eigenvalue weighted by Crippen LogP contribution is -2.44. The van der Waals surface area contributed by atoms with Crippen LogP contribution in [0.25, 0.3) is 0 Å². The second-order valence-electron chi connectivity index (χ2n) is 5.71. The van der Waals surface area contributed by atoms with Crippen molar-refractivity contribution in [2.24, 2.45) is 0 Å².